The summed E-state index contributed by atoms with van der Waals surface area (Å²) in [7, 11) is 0. The molecule has 1 saturated heterocycles. The van der Waals surface area contributed by atoms with Crippen molar-refractivity contribution in [2.75, 3.05) is 31.1 Å². The van der Waals surface area contributed by atoms with Crippen molar-refractivity contribution in [3.63, 3.8) is 0 Å². The predicted molar refractivity (Wildman–Crippen MR) is 102 cm³/mol. The molecule has 0 spiro atoms. The van der Waals surface area contributed by atoms with Crippen LogP contribution in [0, 0.1) is 5.41 Å². The Kier molecular flexibility index (Phi) is 5.44. The number of rotatable bonds is 4. The van der Waals surface area contributed by atoms with Gasteiger partial charge in [0.15, 0.2) is 0 Å². The molecule has 1 aliphatic heterocycles. The average molecular weight is 356 g/mol. The van der Waals surface area contributed by atoms with E-state index < -0.39 is 0 Å². The second-order valence-corrected chi connectivity index (χ2v) is 7.81. The molecule has 1 aliphatic rings. The van der Waals surface area contributed by atoms with Crippen LogP contribution in [0.3, 0.4) is 0 Å². The number of amides is 2. The van der Waals surface area contributed by atoms with Crippen molar-refractivity contribution in [1.29, 1.82) is 0 Å². The number of piperazine rings is 1. The highest BCUT2D eigenvalue weighted by atomic mass is 16.2. The van der Waals surface area contributed by atoms with E-state index in [-0.39, 0.29) is 17.5 Å². The summed E-state index contributed by atoms with van der Waals surface area (Å²) >= 11 is 0. The van der Waals surface area contributed by atoms with Crippen molar-refractivity contribution >= 4 is 11.7 Å². The zero-order chi connectivity index (χ0) is 18.6. The Balaban J connectivity index is 1.57. The first-order chi connectivity index (χ1) is 12.4. The van der Waals surface area contributed by atoms with Crippen LogP contribution in [0.1, 0.15) is 20.8 Å². The Hall–Kier alpha value is -2.57. The Morgan fingerprint density at radius 1 is 1.19 bits per heavy atom. The number of carbonyl (C=O) groups is 1. The molecule has 1 fully saturated rings. The molecule has 0 bridgehead atoms. The highest BCUT2D eigenvalue weighted by molar-refractivity contribution is 5.75. The molecule has 0 radical (unpaired) electrons. The van der Waals surface area contributed by atoms with E-state index in [9.17, 15) is 4.79 Å². The van der Waals surface area contributed by atoms with Crippen molar-refractivity contribution in [3.8, 4) is 0 Å². The van der Waals surface area contributed by atoms with Crippen molar-refractivity contribution in [2.24, 2.45) is 5.41 Å². The van der Waals surface area contributed by atoms with Crippen LogP contribution in [-0.4, -0.2) is 57.7 Å². The summed E-state index contributed by atoms with van der Waals surface area (Å²) in [6.07, 6.45) is 9.13. The number of pyridine rings is 1. The van der Waals surface area contributed by atoms with E-state index in [0.29, 0.717) is 19.6 Å². The first-order valence-corrected chi connectivity index (χ1v) is 9.09. The fourth-order valence-electron chi connectivity index (χ4n) is 3.09. The quantitative estimate of drug-likeness (QED) is 0.912. The van der Waals surface area contributed by atoms with Gasteiger partial charge in [0, 0.05) is 51.3 Å². The maximum Gasteiger partial charge on any atom is 0.317 e. The summed E-state index contributed by atoms with van der Waals surface area (Å²) in [5.74, 6) is 0. The van der Waals surface area contributed by atoms with Crippen molar-refractivity contribution in [2.45, 2.75) is 33.4 Å². The number of nitrogens with zero attached hydrogens (tertiary/aromatic N) is 5. The lowest BCUT2D eigenvalue weighted by atomic mass is 9.86. The monoisotopic (exact) mass is 356 g/mol. The summed E-state index contributed by atoms with van der Waals surface area (Å²) in [5.41, 5.74) is 1.07. The molecule has 2 amide bonds. The van der Waals surface area contributed by atoms with Gasteiger partial charge in [-0.05, 0) is 17.5 Å². The molecule has 140 valence electrons. The summed E-state index contributed by atoms with van der Waals surface area (Å²) in [4.78, 5) is 25.2. The summed E-state index contributed by atoms with van der Waals surface area (Å²) in [5, 5.41) is 3.23. The molecule has 0 unspecified atom stereocenters. The number of aromatic nitrogens is 3. The van der Waals surface area contributed by atoms with E-state index in [2.05, 4.69) is 47.0 Å². The zero-order valence-electron chi connectivity index (χ0n) is 15.8. The Morgan fingerprint density at radius 3 is 2.54 bits per heavy atom. The van der Waals surface area contributed by atoms with Crippen molar-refractivity contribution in [3.05, 3.63) is 43.2 Å². The average Bonchev–Trinajstić information content (AvgIpc) is 3.14. The van der Waals surface area contributed by atoms with Gasteiger partial charge in [-0.3, -0.25) is 4.98 Å². The molecule has 0 aromatic carbocycles. The van der Waals surface area contributed by atoms with Gasteiger partial charge in [0.25, 0.3) is 0 Å². The number of hydrogen-bond donors (Lipinski definition) is 1. The number of anilines is 1. The van der Waals surface area contributed by atoms with Crippen LogP contribution in [0.5, 0.6) is 0 Å². The topological polar surface area (TPSA) is 66.3 Å². The van der Waals surface area contributed by atoms with E-state index in [0.717, 1.165) is 18.8 Å². The lowest BCUT2D eigenvalue weighted by Crippen LogP contribution is -2.56. The molecule has 1 atom stereocenters. The number of nitrogens with one attached hydrogen (secondary N) is 1. The smallest absolute Gasteiger partial charge is 0.317 e. The minimum atomic E-state index is -0.0442. The fraction of sp³-hybridized carbons (Fsp3) is 0.526. The second kappa shape index (κ2) is 7.76. The lowest BCUT2D eigenvalue weighted by molar-refractivity contribution is 0.171. The minimum Gasteiger partial charge on any atom is -0.367 e. The first-order valence-electron chi connectivity index (χ1n) is 9.09. The number of carbonyl (C=O) groups excluding carboxylic acids is 1. The fourth-order valence-corrected chi connectivity index (χ4v) is 3.09. The van der Waals surface area contributed by atoms with Crippen LogP contribution >= 0.6 is 0 Å². The molecule has 3 heterocycles. The Morgan fingerprint density at radius 2 is 1.96 bits per heavy atom. The van der Waals surface area contributed by atoms with E-state index in [4.69, 9.17) is 0 Å². The summed E-state index contributed by atoms with van der Waals surface area (Å²) in [6.45, 7) is 10.2. The number of hydrogen-bond acceptors (Lipinski definition) is 4. The minimum absolute atomic E-state index is 0.0101. The first kappa shape index (κ1) is 18.2. The Labute approximate surface area is 155 Å². The van der Waals surface area contributed by atoms with Crippen LogP contribution < -0.4 is 10.2 Å². The lowest BCUT2D eigenvalue weighted by Gasteiger charge is -2.38. The maximum absolute atomic E-state index is 12.8. The van der Waals surface area contributed by atoms with Crippen LogP contribution in [0.25, 0.3) is 0 Å². The van der Waals surface area contributed by atoms with Gasteiger partial charge in [0.05, 0.1) is 24.3 Å². The van der Waals surface area contributed by atoms with Crippen LogP contribution in [0.4, 0.5) is 10.5 Å². The molecule has 0 saturated carbocycles. The largest absolute Gasteiger partial charge is 0.367 e. The van der Waals surface area contributed by atoms with Gasteiger partial charge < -0.3 is 19.7 Å². The third kappa shape index (κ3) is 4.53. The molecular formula is C19H28N6O. The van der Waals surface area contributed by atoms with Crippen molar-refractivity contribution < 1.29 is 4.79 Å². The molecule has 7 nitrogen and oxygen atoms in total. The molecule has 2 aromatic rings. The van der Waals surface area contributed by atoms with E-state index in [1.807, 2.05) is 27.9 Å². The highest BCUT2D eigenvalue weighted by Gasteiger charge is 2.29. The van der Waals surface area contributed by atoms with Crippen molar-refractivity contribution in [1.82, 2.24) is 24.8 Å². The van der Waals surface area contributed by atoms with E-state index in [1.54, 1.807) is 18.7 Å². The van der Waals surface area contributed by atoms with E-state index in [1.165, 1.54) is 0 Å². The third-order valence-electron chi connectivity index (χ3n) is 4.87. The molecular weight excluding hydrogens is 328 g/mol. The van der Waals surface area contributed by atoms with Crippen LogP contribution in [-0.2, 0) is 6.54 Å². The maximum atomic E-state index is 12.8. The SMILES string of the molecule is CC(C)(C)[C@H](Cn1ccnc1)NC(=O)N1CCN(c2cccnc2)CC1. The Bertz CT molecular complexity index is 687. The van der Waals surface area contributed by atoms with Gasteiger partial charge in [-0.1, -0.05) is 20.8 Å². The summed E-state index contributed by atoms with van der Waals surface area (Å²) < 4.78 is 2.01. The van der Waals surface area contributed by atoms with Crippen LogP contribution in [0.2, 0.25) is 0 Å². The predicted octanol–water partition coefficient (Wildman–Crippen LogP) is 2.22. The van der Waals surface area contributed by atoms with Gasteiger partial charge in [-0.25, -0.2) is 9.78 Å². The standard InChI is InChI=1S/C19H28N6O/c1-19(2,3)17(14-23-8-7-21-15-23)22-18(26)25-11-9-24(10-12-25)16-5-4-6-20-13-16/h4-8,13,15,17H,9-12,14H2,1-3H3,(H,22,26)/t17-/m0/s1. The van der Waals surface area contributed by atoms with Gasteiger partial charge in [0.1, 0.15) is 0 Å². The number of urea groups is 1. The van der Waals surface area contributed by atoms with Gasteiger partial charge in [0.2, 0.25) is 0 Å². The van der Waals surface area contributed by atoms with Crippen LogP contribution in [0.15, 0.2) is 43.2 Å². The van der Waals surface area contributed by atoms with Gasteiger partial charge in [-0.2, -0.15) is 0 Å². The second-order valence-electron chi connectivity index (χ2n) is 7.81. The normalized spacial score (nSPS) is 16.4. The zero-order valence-corrected chi connectivity index (χ0v) is 15.8. The molecule has 2 aromatic heterocycles. The van der Waals surface area contributed by atoms with E-state index >= 15 is 0 Å². The third-order valence-corrected chi connectivity index (χ3v) is 4.87. The molecule has 0 aliphatic carbocycles. The highest BCUT2D eigenvalue weighted by Crippen LogP contribution is 2.21. The molecule has 1 N–H and O–H groups in total. The van der Waals surface area contributed by atoms with Gasteiger partial charge >= 0.3 is 6.03 Å². The molecule has 26 heavy (non-hydrogen) atoms. The molecule has 3 rings (SSSR count). The summed E-state index contributed by atoms with van der Waals surface area (Å²) in [6, 6.07) is 4.04. The molecule has 7 heteroatoms. The van der Waals surface area contributed by atoms with Gasteiger partial charge in [-0.15, -0.1) is 0 Å². The number of imidazole rings is 1.